The lowest BCUT2D eigenvalue weighted by molar-refractivity contribution is 0.115. The molecule has 2 saturated heterocycles. The molecular weight excluding hydrogens is 278 g/mol. The zero-order valence-electron chi connectivity index (χ0n) is 13.4. The van der Waals surface area contributed by atoms with E-state index >= 15 is 0 Å². The fourth-order valence-electron chi connectivity index (χ4n) is 4.27. The Hall–Kier alpha value is -0.940. The topological polar surface area (TPSA) is 51.4 Å². The van der Waals surface area contributed by atoms with Crippen molar-refractivity contribution in [1.82, 2.24) is 15.0 Å². The molecule has 3 fully saturated rings. The molecule has 22 heavy (non-hydrogen) atoms. The van der Waals surface area contributed by atoms with Crippen LogP contribution in [0.25, 0.3) is 0 Å². The lowest BCUT2D eigenvalue weighted by Crippen LogP contribution is -2.41. The van der Waals surface area contributed by atoms with E-state index in [2.05, 4.69) is 15.0 Å². The van der Waals surface area contributed by atoms with Crippen LogP contribution in [0.15, 0.2) is 4.52 Å². The van der Waals surface area contributed by atoms with E-state index in [1.165, 1.54) is 58.0 Å². The van der Waals surface area contributed by atoms with Gasteiger partial charge in [0.15, 0.2) is 5.82 Å². The van der Waals surface area contributed by atoms with Crippen LogP contribution < -0.4 is 0 Å². The molecule has 0 spiro atoms. The first-order chi connectivity index (χ1) is 10.9. The smallest absolute Gasteiger partial charge is 0.229 e. The Morgan fingerprint density at radius 1 is 0.909 bits per heavy atom. The van der Waals surface area contributed by atoms with Crippen LogP contribution in [0.1, 0.15) is 74.9 Å². The Kier molecular flexibility index (Phi) is 4.44. The van der Waals surface area contributed by atoms with Crippen molar-refractivity contribution in [1.29, 1.82) is 0 Å². The second-order valence-electron chi connectivity index (χ2n) is 7.15. The summed E-state index contributed by atoms with van der Waals surface area (Å²) in [4.78, 5) is 7.38. The quantitative estimate of drug-likeness (QED) is 0.859. The minimum Gasteiger partial charge on any atom is -0.381 e. The van der Waals surface area contributed by atoms with Crippen LogP contribution in [0.3, 0.4) is 0 Å². The molecule has 1 unspecified atom stereocenters. The molecule has 1 atom stereocenters. The Bertz CT molecular complexity index is 470. The summed E-state index contributed by atoms with van der Waals surface area (Å²) in [5.41, 5.74) is 0. The molecule has 3 aliphatic rings. The van der Waals surface area contributed by atoms with Gasteiger partial charge in [0.2, 0.25) is 5.89 Å². The lowest BCUT2D eigenvalue weighted by atomic mass is 9.90. The summed E-state index contributed by atoms with van der Waals surface area (Å²) in [6.45, 7) is 3.96. The molecule has 1 aromatic heterocycles. The van der Waals surface area contributed by atoms with Gasteiger partial charge in [-0.1, -0.05) is 24.4 Å². The number of piperidine rings is 1. The van der Waals surface area contributed by atoms with Crippen molar-refractivity contribution >= 4 is 0 Å². The van der Waals surface area contributed by atoms with Crippen LogP contribution in [0.5, 0.6) is 0 Å². The van der Waals surface area contributed by atoms with Crippen molar-refractivity contribution in [3.8, 4) is 0 Å². The van der Waals surface area contributed by atoms with Gasteiger partial charge in [0.1, 0.15) is 0 Å². The monoisotopic (exact) mass is 305 g/mol. The predicted octanol–water partition coefficient (Wildman–Crippen LogP) is 3.09. The Morgan fingerprint density at radius 2 is 1.73 bits per heavy atom. The van der Waals surface area contributed by atoms with Gasteiger partial charge in [0.05, 0.1) is 6.61 Å². The van der Waals surface area contributed by atoms with Crippen LogP contribution in [-0.4, -0.2) is 47.4 Å². The molecule has 0 aromatic carbocycles. The highest BCUT2D eigenvalue weighted by molar-refractivity contribution is 5.02. The summed E-state index contributed by atoms with van der Waals surface area (Å²) in [5, 5.41) is 4.20. The zero-order chi connectivity index (χ0) is 14.8. The molecule has 4 rings (SSSR count). The number of hydrogen-bond donors (Lipinski definition) is 0. The summed E-state index contributed by atoms with van der Waals surface area (Å²) < 4.78 is 11.0. The first-order valence-electron chi connectivity index (χ1n) is 9.05. The van der Waals surface area contributed by atoms with Crippen LogP contribution in [0.4, 0.5) is 0 Å². The maximum Gasteiger partial charge on any atom is 0.229 e. The normalized spacial score (nSPS) is 29.2. The van der Waals surface area contributed by atoms with Crippen molar-refractivity contribution in [2.24, 2.45) is 0 Å². The number of hydrogen-bond acceptors (Lipinski definition) is 5. The maximum atomic E-state index is 5.56. The number of likely N-dealkylation sites (tertiary alicyclic amines) is 1. The summed E-state index contributed by atoms with van der Waals surface area (Å²) in [6.07, 6.45) is 10.4. The second-order valence-corrected chi connectivity index (χ2v) is 7.15. The third-order valence-electron chi connectivity index (χ3n) is 5.72. The molecule has 1 saturated carbocycles. The van der Waals surface area contributed by atoms with E-state index < -0.39 is 0 Å². The summed E-state index contributed by atoms with van der Waals surface area (Å²) in [7, 11) is 0. The summed E-state index contributed by atoms with van der Waals surface area (Å²) in [5.74, 6) is 2.54. The molecule has 2 aliphatic heterocycles. The standard InChI is InChI=1S/C17H27N3O2/c1-2-4-15(5-3-1)20-9-6-13(7-10-20)17-18-16(19-22-17)14-8-11-21-12-14/h13-15H,1-12H2. The van der Waals surface area contributed by atoms with E-state index in [4.69, 9.17) is 9.26 Å². The average Bonchev–Trinajstić information content (AvgIpc) is 3.27. The fraction of sp³-hybridized carbons (Fsp3) is 0.882. The van der Waals surface area contributed by atoms with E-state index in [0.29, 0.717) is 11.8 Å². The summed E-state index contributed by atoms with van der Waals surface area (Å²) in [6, 6.07) is 0.837. The van der Waals surface area contributed by atoms with Gasteiger partial charge in [-0.2, -0.15) is 4.98 Å². The SMILES string of the molecule is C1CCC(N2CCC(c3nc(C4CCOC4)no3)CC2)CC1. The number of rotatable bonds is 3. The Morgan fingerprint density at radius 3 is 2.45 bits per heavy atom. The van der Waals surface area contributed by atoms with Crippen molar-refractivity contribution < 1.29 is 9.26 Å². The van der Waals surface area contributed by atoms with E-state index in [1.54, 1.807) is 0 Å². The predicted molar refractivity (Wildman–Crippen MR) is 82.9 cm³/mol. The van der Waals surface area contributed by atoms with Crippen LogP contribution >= 0.6 is 0 Å². The third-order valence-corrected chi connectivity index (χ3v) is 5.72. The van der Waals surface area contributed by atoms with Gasteiger partial charge >= 0.3 is 0 Å². The zero-order valence-corrected chi connectivity index (χ0v) is 13.4. The molecule has 5 nitrogen and oxygen atoms in total. The lowest BCUT2D eigenvalue weighted by Gasteiger charge is -2.38. The van der Waals surface area contributed by atoms with Gasteiger partial charge in [-0.3, -0.25) is 0 Å². The Balaban J connectivity index is 1.33. The van der Waals surface area contributed by atoms with Gasteiger partial charge in [-0.15, -0.1) is 0 Å². The molecule has 0 N–H and O–H groups in total. The first-order valence-corrected chi connectivity index (χ1v) is 9.05. The molecule has 122 valence electrons. The fourth-order valence-corrected chi connectivity index (χ4v) is 4.27. The molecule has 1 aliphatic carbocycles. The molecule has 0 amide bonds. The highest BCUT2D eigenvalue weighted by Crippen LogP contribution is 2.32. The van der Waals surface area contributed by atoms with Gasteiger partial charge < -0.3 is 14.2 Å². The largest absolute Gasteiger partial charge is 0.381 e. The number of ether oxygens (including phenoxy) is 1. The van der Waals surface area contributed by atoms with Gasteiger partial charge in [0.25, 0.3) is 0 Å². The number of nitrogens with zero attached hydrogens (tertiary/aromatic N) is 3. The van der Waals surface area contributed by atoms with Crippen LogP contribution in [0, 0.1) is 0 Å². The van der Waals surface area contributed by atoms with Crippen molar-refractivity contribution in [3.63, 3.8) is 0 Å². The average molecular weight is 305 g/mol. The highest BCUT2D eigenvalue weighted by atomic mass is 16.5. The van der Waals surface area contributed by atoms with Crippen LogP contribution in [-0.2, 0) is 4.74 Å². The molecule has 3 heterocycles. The maximum absolute atomic E-state index is 5.56. The molecule has 0 radical (unpaired) electrons. The van der Waals surface area contributed by atoms with Crippen molar-refractivity contribution in [3.05, 3.63) is 11.7 Å². The van der Waals surface area contributed by atoms with Gasteiger partial charge in [-0.25, -0.2) is 0 Å². The second kappa shape index (κ2) is 6.67. The van der Waals surface area contributed by atoms with Crippen LogP contribution in [0.2, 0.25) is 0 Å². The molecule has 5 heteroatoms. The van der Waals surface area contributed by atoms with E-state index in [0.717, 1.165) is 37.4 Å². The molecular formula is C17H27N3O2. The number of aromatic nitrogens is 2. The van der Waals surface area contributed by atoms with E-state index in [1.807, 2.05) is 0 Å². The molecule has 1 aromatic rings. The first kappa shape index (κ1) is 14.6. The van der Waals surface area contributed by atoms with Gasteiger partial charge in [-0.05, 0) is 45.2 Å². The minimum absolute atomic E-state index is 0.347. The third kappa shape index (κ3) is 3.06. The summed E-state index contributed by atoms with van der Waals surface area (Å²) >= 11 is 0. The molecule has 0 bridgehead atoms. The van der Waals surface area contributed by atoms with Gasteiger partial charge in [0, 0.05) is 24.5 Å². The van der Waals surface area contributed by atoms with E-state index in [-0.39, 0.29) is 0 Å². The minimum atomic E-state index is 0.347. The van der Waals surface area contributed by atoms with Crippen molar-refractivity contribution in [2.75, 3.05) is 26.3 Å². The highest BCUT2D eigenvalue weighted by Gasteiger charge is 2.30. The van der Waals surface area contributed by atoms with E-state index in [9.17, 15) is 0 Å². The Labute approximate surface area is 132 Å². The van der Waals surface area contributed by atoms with Crippen molar-refractivity contribution in [2.45, 2.75) is 69.2 Å².